The molecule has 0 amide bonds. The fourth-order valence-corrected chi connectivity index (χ4v) is 4.41. The summed E-state index contributed by atoms with van der Waals surface area (Å²) in [5.74, 6) is 0.805. The Morgan fingerprint density at radius 2 is 2.11 bits per heavy atom. The summed E-state index contributed by atoms with van der Waals surface area (Å²) in [7, 11) is 4.59. The van der Waals surface area contributed by atoms with Gasteiger partial charge in [0.1, 0.15) is 0 Å². The maximum Gasteiger partial charge on any atom is 0.0360 e. The summed E-state index contributed by atoms with van der Waals surface area (Å²) in [5.41, 5.74) is 6.51. The Morgan fingerprint density at radius 1 is 1.33 bits per heavy atom. The van der Waals surface area contributed by atoms with Gasteiger partial charge in [-0.2, -0.15) is 0 Å². The summed E-state index contributed by atoms with van der Waals surface area (Å²) >= 11 is 0. The summed E-state index contributed by atoms with van der Waals surface area (Å²) in [5, 5.41) is 0. The Kier molecular flexibility index (Phi) is 4.68. The predicted molar refractivity (Wildman–Crippen MR) is 77.7 cm³/mol. The minimum atomic E-state index is 0.289. The maximum absolute atomic E-state index is 6.22. The van der Waals surface area contributed by atoms with Crippen LogP contribution < -0.4 is 5.73 Å². The van der Waals surface area contributed by atoms with E-state index < -0.39 is 0 Å². The predicted octanol–water partition coefficient (Wildman–Crippen LogP) is 1.92. The number of piperidine rings is 1. The normalized spacial score (nSPS) is 38.5. The van der Waals surface area contributed by atoms with Crippen molar-refractivity contribution in [3.8, 4) is 0 Å². The Morgan fingerprint density at radius 3 is 2.72 bits per heavy atom. The molecule has 0 bridgehead atoms. The van der Waals surface area contributed by atoms with Crippen molar-refractivity contribution in [1.29, 1.82) is 0 Å². The average molecular weight is 253 g/mol. The van der Waals surface area contributed by atoms with Crippen LogP contribution in [0.5, 0.6) is 0 Å². The number of hydrogen-bond donors (Lipinski definition) is 1. The van der Waals surface area contributed by atoms with Crippen molar-refractivity contribution in [2.45, 2.75) is 57.0 Å². The Balaban J connectivity index is 2.11. The van der Waals surface area contributed by atoms with E-state index in [1.54, 1.807) is 0 Å². The third-order valence-corrected chi connectivity index (χ3v) is 5.62. The van der Waals surface area contributed by atoms with E-state index in [1.165, 1.54) is 51.6 Å². The molecule has 106 valence electrons. The first-order valence-corrected chi connectivity index (χ1v) is 7.75. The van der Waals surface area contributed by atoms with E-state index in [2.05, 4.69) is 30.8 Å². The van der Waals surface area contributed by atoms with Crippen LogP contribution in [0.3, 0.4) is 0 Å². The van der Waals surface area contributed by atoms with Crippen LogP contribution in [0.15, 0.2) is 0 Å². The number of nitrogens with zero attached hydrogens (tertiary/aromatic N) is 2. The van der Waals surface area contributed by atoms with Crippen LogP contribution >= 0.6 is 0 Å². The van der Waals surface area contributed by atoms with Gasteiger partial charge < -0.3 is 10.6 Å². The van der Waals surface area contributed by atoms with Crippen molar-refractivity contribution in [2.75, 3.05) is 33.7 Å². The van der Waals surface area contributed by atoms with E-state index in [9.17, 15) is 0 Å². The van der Waals surface area contributed by atoms with Crippen LogP contribution in [-0.4, -0.2) is 55.1 Å². The number of nitrogens with two attached hydrogens (primary N) is 1. The second kappa shape index (κ2) is 5.89. The van der Waals surface area contributed by atoms with Gasteiger partial charge in [-0.3, -0.25) is 4.90 Å². The topological polar surface area (TPSA) is 32.5 Å². The third kappa shape index (κ3) is 2.45. The smallest absolute Gasteiger partial charge is 0.0360 e. The molecule has 2 fully saturated rings. The van der Waals surface area contributed by atoms with Gasteiger partial charge in [-0.1, -0.05) is 19.8 Å². The molecule has 2 aliphatic rings. The van der Waals surface area contributed by atoms with Crippen molar-refractivity contribution in [1.82, 2.24) is 9.80 Å². The van der Waals surface area contributed by atoms with Gasteiger partial charge in [0.25, 0.3) is 0 Å². The molecule has 3 atom stereocenters. The van der Waals surface area contributed by atoms with E-state index in [-0.39, 0.29) is 5.54 Å². The molecule has 1 aliphatic heterocycles. The van der Waals surface area contributed by atoms with Crippen LogP contribution in [0, 0.1) is 5.92 Å². The van der Waals surface area contributed by atoms with Gasteiger partial charge in [-0.05, 0) is 52.2 Å². The molecule has 18 heavy (non-hydrogen) atoms. The van der Waals surface area contributed by atoms with Crippen LogP contribution in [0.4, 0.5) is 0 Å². The van der Waals surface area contributed by atoms with Crippen LogP contribution in [0.1, 0.15) is 45.4 Å². The van der Waals surface area contributed by atoms with E-state index in [0.717, 1.165) is 12.5 Å². The lowest BCUT2D eigenvalue weighted by atomic mass is 9.82. The molecule has 1 saturated carbocycles. The second-order valence-electron chi connectivity index (χ2n) is 6.47. The van der Waals surface area contributed by atoms with Gasteiger partial charge in [0.15, 0.2) is 0 Å². The first-order chi connectivity index (χ1) is 8.64. The molecule has 1 aliphatic carbocycles. The Labute approximate surface area is 113 Å². The second-order valence-corrected chi connectivity index (χ2v) is 6.47. The molecule has 0 aromatic heterocycles. The lowest BCUT2D eigenvalue weighted by Gasteiger charge is -2.49. The largest absolute Gasteiger partial charge is 0.329 e. The fourth-order valence-electron chi connectivity index (χ4n) is 4.41. The molecule has 3 heteroatoms. The maximum atomic E-state index is 6.22. The Hall–Kier alpha value is -0.120. The zero-order chi connectivity index (χ0) is 13.2. The first-order valence-electron chi connectivity index (χ1n) is 7.75. The van der Waals surface area contributed by atoms with Crippen LogP contribution in [0.2, 0.25) is 0 Å². The van der Waals surface area contributed by atoms with Gasteiger partial charge in [0, 0.05) is 24.7 Å². The van der Waals surface area contributed by atoms with Gasteiger partial charge in [-0.15, -0.1) is 0 Å². The third-order valence-electron chi connectivity index (χ3n) is 5.62. The van der Waals surface area contributed by atoms with Crippen LogP contribution in [-0.2, 0) is 0 Å². The molecule has 0 spiro atoms. The van der Waals surface area contributed by atoms with Crippen molar-refractivity contribution >= 4 is 0 Å². The molecule has 0 radical (unpaired) electrons. The number of rotatable bonds is 4. The molecule has 2 rings (SSSR count). The zero-order valence-corrected chi connectivity index (χ0v) is 12.5. The van der Waals surface area contributed by atoms with Gasteiger partial charge in [0.2, 0.25) is 0 Å². The number of likely N-dealkylation sites (N-methyl/N-ethyl adjacent to an activating group) is 2. The van der Waals surface area contributed by atoms with E-state index in [0.29, 0.717) is 6.04 Å². The molecular formula is C15H31N3. The van der Waals surface area contributed by atoms with Crippen molar-refractivity contribution < 1.29 is 0 Å². The minimum absolute atomic E-state index is 0.289. The highest BCUT2D eigenvalue weighted by Crippen LogP contribution is 2.42. The highest BCUT2D eigenvalue weighted by molar-refractivity contribution is 5.02. The lowest BCUT2D eigenvalue weighted by Crippen LogP contribution is -2.60. The van der Waals surface area contributed by atoms with E-state index >= 15 is 0 Å². The van der Waals surface area contributed by atoms with Crippen molar-refractivity contribution in [3.63, 3.8) is 0 Å². The zero-order valence-electron chi connectivity index (χ0n) is 12.5. The lowest BCUT2D eigenvalue weighted by molar-refractivity contribution is 0.0128. The molecule has 0 aromatic carbocycles. The SMILES string of the molecule is CCC1CCCC1(CN)N(C)C1CCCN(C)C1. The van der Waals surface area contributed by atoms with Gasteiger partial charge in [-0.25, -0.2) is 0 Å². The molecule has 3 unspecified atom stereocenters. The van der Waals surface area contributed by atoms with Crippen molar-refractivity contribution in [2.24, 2.45) is 11.7 Å². The summed E-state index contributed by atoms with van der Waals surface area (Å²) in [6, 6.07) is 0.708. The van der Waals surface area contributed by atoms with E-state index in [1.807, 2.05) is 0 Å². The highest BCUT2D eigenvalue weighted by Gasteiger charge is 2.46. The summed E-state index contributed by atoms with van der Waals surface area (Å²) in [6.45, 7) is 5.65. The first kappa shape index (κ1) is 14.3. The summed E-state index contributed by atoms with van der Waals surface area (Å²) in [4.78, 5) is 5.15. The molecular weight excluding hydrogens is 222 g/mol. The number of likely N-dealkylation sites (tertiary alicyclic amines) is 1. The average Bonchev–Trinajstić information content (AvgIpc) is 2.81. The number of hydrogen-bond acceptors (Lipinski definition) is 3. The molecule has 0 aromatic rings. The monoisotopic (exact) mass is 253 g/mol. The Bertz CT molecular complexity index is 268. The molecule has 1 heterocycles. The standard InChI is InChI=1S/C15H31N3/c1-4-13-7-5-9-15(13,12-16)18(3)14-8-6-10-17(2)11-14/h13-14H,4-12,16H2,1-3H3. The van der Waals surface area contributed by atoms with Gasteiger partial charge >= 0.3 is 0 Å². The minimum Gasteiger partial charge on any atom is -0.329 e. The van der Waals surface area contributed by atoms with Crippen LogP contribution in [0.25, 0.3) is 0 Å². The summed E-state index contributed by atoms with van der Waals surface area (Å²) < 4.78 is 0. The molecule has 1 saturated heterocycles. The van der Waals surface area contributed by atoms with Crippen molar-refractivity contribution in [3.05, 3.63) is 0 Å². The molecule has 2 N–H and O–H groups in total. The quantitative estimate of drug-likeness (QED) is 0.831. The van der Waals surface area contributed by atoms with E-state index in [4.69, 9.17) is 5.73 Å². The highest BCUT2D eigenvalue weighted by atomic mass is 15.3. The fraction of sp³-hybridized carbons (Fsp3) is 1.00. The molecule has 3 nitrogen and oxygen atoms in total. The van der Waals surface area contributed by atoms with Gasteiger partial charge in [0.05, 0.1) is 0 Å². The summed E-state index contributed by atoms with van der Waals surface area (Å²) in [6.07, 6.45) is 8.01.